The molecule has 3 rings (SSSR count). The molecule has 0 aliphatic rings. The predicted octanol–water partition coefficient (Wildman–Crippen LogP) is 5.21. The number of nitrogens with zero attached hydrogens (tertiary/aromatic N) is 2. The monoisotopic (exact) mass is 409 g/mol. The zero-order valence-electron chi connectivity index (χ0n) is 17.3. The first kappa shape index (κ1) is 21.1. The summed E-state index contributed by atoms with van der Waals surface area (Å²) in [6.07, 6.45) is 1.06. The molecule has 0 saturated carbocycles. The Morgan fingerprint density at radius 3 is 2.38 bits per heavy atom. The summed E-state index contributed by atoms with van der Waals surface area (Å²) in [7, 11) is 0. The van der Waals surface area contributed by atoms with Crippen molar-refractivity contribution in [3.8, 4) is 11.5 Å². The van der Waals surface area contributed by atoms with Crippen molar-refractivity contribution in [1.82, 2.24) is 15.5 Å². The molecular formula is C23H27N3O2S. The third-order valence-corrected chi connectivity index (χ3v) is 5.35. The number of hydrogen-bond acceptors (Lipinski definition) is 5. The van der Waals surface area contributed by atoms with Crippen LogP contribution in [-0.4, -0.2) is 21.9 Å². The maximum absolute atomic E-state index is 12.3. The lowest BCUT2D eigenvalue weighted by molar-refractivity contribution is -0.119. The topological polar surface area (TPSA) is 68.0 Å². The second-order valence-corrected chi connectivity index (χ2v) is 8.58. The molecule has 6 heteroatoms. The van der Waals surface area contributed by atoms with Crippen molar-refractivity contribution >= 4 is 17.7 Å². The lowest BCUT2D eigenvalue weighted by Gasteiger charge is -2.15. The highest BCUT2D eigenvalue weighted by atomic mass is 32.2. The number of hydrogen-bond donors (Lipinski definition) is 1. The zero-order valence-corrected chi connectivity index (χ0v) is 18.1. The molecule has 0 unspecified atom stereocenters. The zero-order chi connectivity index (χ0) is 20.8. The number of carbonyl (C=O) groups excluding carboxylic acids is 1. The molecular weight excluding hydrogens is 382 g/mol. The summed E-state index contributed by atoms with van der Waals surface area (Å²) in [6, 6.07) is 16.3. The van der Waals surface area contributed by atoms with Crippen LogP contribution in [-0.2, 0) is 11.2 Å². The number of aromatic nitrogens is 2. The molecule has 1 N–H and O–H groups in total. The van der Waals surface area contributed by atoms with Gasteiger partial charge in [0.05, 0.1) is 11.8 Å². The number of carbonyl (C=O) groups is 1. The van der Waals surface area contributed by atoms with Gasteiger partial charge in [-0.3, -0.25) is 4.79 Å². The Morgan fingerprint density at radius 1 is 1.03 bits per heavy atom. The summed E-state index contributed by atoms with van der Waals surface area (Å²) >= 11 is 1.24. The van der Waals surface area contributed by atoms with E-state index in [2.05, 4.69) is 53.6 Å². The van der Waals surface area contributed by atoms with Crippen LogP contribution in [0.3, 0.4) is 0 Å². The van der Waals surface area contributed by atoms with Crippen LogP contribution in [0.4, 0.5) is 0 Å². The largest absolute Gasteiger partial charge is 0.411 e. The highest BCUT2D eigenvalue weighted by Crippen LogP contribution is 2.23. The smallest absolute Gasteiger partial charge is 0.277 e. The maximum atomic E-state index is 12.3. The fourth-order valence-corrected chi connectivity index (χ4v) is 3.56. The quantitative estimate of drug-likeness (QED) is 0.517. The Morgan fingerprint density at radius 2 is 1.72 bits per heavy atom. The van der Waals surface area contributed by atoms with Gasteiger partial charge in [0.1, 0.15) is 0 Å². The second-order valence-electron chi connectivity index (χ2n) is 7.66. The van der Waals surface area contributed by atoms with Crippen LogP contribution in [0, 0.1) is 12.8 Å². The molecule has 152 valence electrons. The van der Waals surface area contributed by atoms with Gasteiger partial charge in [-0.1, -0.05) is 67.6 Å². The maximum Gasteiger partial charge on any atom is 0.277 e. The Labute approximate surface area is 176 Å². The van der Waals surface area contributed by atoms with Crippen LogP contribution in [0.25, 0.3) is 11.5 Å². The van der Waals surface area contributed by atoms with Gasteiger partial charge in [0.25, 0.3) is 5.22 Å². The van der Waals surface area contributed by atoms with Crippen molar-refractivity contribution in [2.45, 2.75) is 45.4 Å². The van der Waals surface area contributed by atoms with Gasteiger partial charge >= 0.3 is 0 Å². The van der Waals surface area contributed by atoms with Gasteiger partial charge in [-0.05, 0) is 49.4 Å². The van der Waals surface area contributed by atoms with Crippen molar-refractivity contribution in [2.75, 3.05) is 5.75 Å². The second kappa shape index (κ2) is 9.74. The molecule has 1 amide bonds. The number of benzene rings is 2. The molecule has 0 spiro atoms. The van der Waals surface area contributed by atoms with Gasteiger partial charge in [0, 0.05) is 5.56 Å². The fraction of sp³-hybridized carbons (Fsp3) is 0.348. The molecule has 1 heterocycles. The van der Waals surface area contributed by atoms with Crippen molar-refractivity contribution in [3.63, 3.8) is 0 Å². The summed E-state index contributed by atoms with van der Waals surface area (Å²) in [5.74, 6) is 1.25. The van der Waals surface area contributed by atoms with E-state index in [4.69, 9.17) is 4.42 Å². The molecule has 0 fully saturated rings. The van der Waals surface area contributed by atoms with E-state index in [9.17, 15) is 4.79 Å². The summed E-state index contributed by atoms with van der Waals surface area (Å²) in [6.45, 7) is 8.43. The number of thioether (sulfide) groups is 1. The highest BCUT2D eigenvalue weighted by Gasteiger charge is 2.13. The van der Waals surface area contributed by atoms with E-state index in [0.717, 1.165) is 17.5 Å². The molecule has 2 aromatic carbocycles. The minimum absolute atomic E-state index is 0.0537. The Kier molecular flexibility index (Phi) is 7.09. The van der Waals surface area contributed by atoms with E-state index in [0.29, 0.717) is 17.0 Å². The molecule has 0 saturated heterocycles. The van der Waals surface area contributed by atoms with Crippen molar-refractivity contribution in [1.29, 1.82) is 0 Å². The van der Waals surface area contributed by atoms with Crippen molar-refractivity contribution in [2.24, 2.45) is 5.92 Å². The van der Waals surface area contributed by atoms with E-state index in [1.165, 1.54) is 22.9 Å². The molecule has 0 bridgehead atoms. The molecule has 3 aromatic rings. The molecule has 0 aliphatic carbocycles. The Bertz CT molecular complexity index is 934. The normalized spacial score (nSPS) is 12.2. The van der Waals surface area contributed by atoms with E-state index in [-0.39, 0.29) is 17.7 Å². The van der Waals surface area contributed by atoms with Crippen LogP contribution in [0.15, 0.2) is 58.2 Å². The van der Waals surface area contributed by atoms with E-state index in [1.54, 1.807) is 0 Å². The number of rotatable bonds is 8. The van der Waals surface area contributed by atoms with Gasteiger partial charge in [0.2, 0.25) is 11.8 Å². The summed E-state index contributed by atoms with van der Waals surface area (Å²) in [5.41, 5.74) is 4.45. The number of nitrogens with one attached hydrogen (secondary N) is 1. The number of aryl methyl sites for hydroxylation is 1. The third-order valence-electron chi connectivity index (χ3n) is 4.53. The molecule has 5 nitrogen and oxygen atoms in total. The van der Waals surface area contributed by atoms with Gasteiger partial charge in [-0.25, -0.2) is 0 Å². The first-order valence-electron chi connectivity index (χ1n) is 9.82. The highest BCUT2D eigenvalue weighted by molar-refractivity contribution is 7.99. The van der Waals surface area contributed by atoms with Gasteiger partial charge in [-0.15, -0.1) is 10.2 Å². The van der Waals surface area contributed by atoms with Crippen LogP contribution in [0.2, 0.25) is 0 Å². The summed E-state index contributed by atoms with van der Waals surface area (Å²) in [5, 5.41) is 11.5. The molecule has 29 heavy (non-hydrogen) atoms. The lowest BCUT2D eigenvalue weighted by Crippen LogP contribution is -2.28. The molecule has 1 aromatic heterocycles. The molecule has 1 atom stereocenters. The Balaban J connectivity index is 1.50. The van der Waals surface area contributed by atoms with E-state index >= 15 is 0 Å². The summed E-state index contributed by atoms with van der Waals surface area (Å²) < 4.78 is 5.66. The fourth-order valence-electron chi connectivity index (χ4n) is 2.99. The van der Waals surface area contributed by atoms with Crippen LogP contribution in [0.5, 0.6) is 0 Å². The average molecular weight is 410 g/mol. The third kappa shape index (κ3) is 6.19. The van der Waals surface area contributed by atoms with Crippen molar-refractivity contribution in [3.05, 3.63) is 65.2 Å². The van der Waals surface area contributed by atoms with Gasteiger partial charge < -0.3 is 9.73 Å². The predicted molar refractivity (Wildman–Crippen MR) is 117 cm³/mol. The lowest BCUT2D eigenvalue weighted by atomic mass is 10.00. The van der Waals surface area contributed by atoms with E-state index in [1.807, 2.05) is 38.1 Å². The Hall–Kier alpha value is -2.60. The van der Waals surface area contributed by atoms with Crippen LogP contribution < -0.4 is 5.32 Å². The van der Waals surface area contributed by atoms with Gasteiger partial charge in [0.15, 0.2) is 0 Å². The van der Waals surface area contributed by atoms with Crippen molar-refractivity contribution < 1.29 is 9.21 Å². The van der Waals surface area contributed by atoms with Gasteiger partial charge in [-0.2, -0.15) is 0 Å². The minimum Gasteiger partial charge on any atom is -0.411 e. The van der Waals surface area contributed by atoms with Crippen LogP contribution >= 0.6 is 11.8 Å². The number of amides is 1. The first-order chi connectivity index (χ1) is 13.9. The average Bonchev–Trinajstić information content (AvgIpc) is 3.16. The SMILES string of the molecule is Cc1ccc(-c2nnc(SCC(=O)N[C@@H](C)c3ccc(CC(C)C)cc3)o2)cc1. The first-order valence-corrected chi connectivity index (χ1v) is 10.8. The standard InChI is InChI=1S/C23H27N3O2S/c1-15(2)13-18-7-11-19(12-8-18)17(4)24-21(27)14-29-23-26-25-22(28-23)20-9-5-16(3)6-10-20/h5-12,15,17H,13-14H2,1-4H3,(H,24,27)/t17-/m0/s1. The molecule has 0 radical (unpaired) electrons. The minimum atomic E-state index is -0.0659. The van der Waals surface area contributed by atoms with E-state index < -0.39 is 0 Å². The van der Waals surface area contributed by atoms with Crippen LogP contribution in [0.1, 0.15) is 43.5 Å². The summed E-state index contributed by atoms with van der Waals surface area (Å²) in [4.78, 5) is 12.3. The molecule has 0 aliphatic heterocycles.